The number of ether oxygens (including phenoxy) is 2. The lowest BCUT2D eigenvalue weighted by Crippen LogP contribution is -2.87. The maximum atomic E-state index is 13.3. The molecule has 3 amide bonds. The minimum Gasteiger partial charge on any atom is -0.466 e. The predicted octanol–water partition coefficient (Wildman–Crippen LogP) is 10.2. The van der Waals surface area contributed by atoms with Gasteiger partial charge in [0.25, 0.3) is 0 Å². The summed E-state index contributed by atoms with van der Waals surface area (Å²) < 4.78 is 57.3. The smallest absolute Gasteiger partial charge is 0.331 e. The molecule has 3 saturated heterocycles. The van der Waals surface area contributed by atoms with Crippen LogP contribution in [0.1, 0.15) is 98.3 Å². The summed E-state index contributed by atoms with van der Waals surface area (Å²) in [5, 5.41) is 75.0. The van der Waals surface area contributed by atoms with Crippen molar-refractivity contribution in [2.45, 2.75) is 330 Å². The third-order valence-electron chi connectivity index (χ3n) is 28.4. The van der Waals surface area contributed by atoms with Crippen molar-refractivity contribution in [2.75, 3.05) is 7.11 Å². The highest BCUT2D eigenvalue weighted by atomic mass is 31.2. The van der Waals surface area contributed by atoms with E-state index in [1.165, 1.54) is 30.4 Å². The van der Waals surface area contributed by atoms with Gasteiger partial charge < -0.3 is 66.0 Å². The average Bonchev–Trinajstić information content (AvgIpc) is 1.44. The number of Topliss-reactive ketones (excluding diaryl/α,β-unsaturated/α-hetero) is 1. The second-order valence-electron chi connectivity index (χ2n) is 46.8. The summed E-state index contributed by atoms with van der Waals surface area (Å²) in [6, 6.07) is 61.0. The largest absolute Gasteiger partial charge is 0.466 e. The van der Waals surface area contributed by atoms with Crippen LogP contribution in [0.5, 0.6) is 0 Å². The molecular weight excluding hydrogens is 1960 g/mol. The van der Waals surface area contributed by atoms with E-state index in [0.29, 0.717) is 5.57 Å². The Hall–Kier alpha value is -6.50. The highest BCUT2D eigenvalue weighted by Crippen LogP contribution is 2.57. The Bertz CT molecular complexity index is 5410. The van der Waals surface area contributed by atoms with Gasteiger partial charge in [-0.05, 0) is 172 Å². The van der Waals surface area contributed by atoms with Gasteiger partial charge in [-0.25, -0.2) is 24.8 Å². The third kappa shape index (κ3) is 27.8. The molecule has 27 nitrogen and oxygen atoms in total. The number of nitrogens with zero attached hydrogens (tertiary/aromatic N) is 4. The third-order valence-corrected chi connectivity index (χ3v) is 49.5. The molecule has 13 radical (unpaired) electrons. The van der Waals surface area contributed by atoms with E-state index in [4.69, 9.17) is 101 Å². The summed E-state index contributed by atoms with van der Waals surface area (Å²) in [5.41, 5.74) is -3.17. The zero-order valence-electron chi connectivity index (χ0n) is 89.8. The number of rotatable bonds is 31. The molecule has 0 bridgehead atoms. The fourth-order valence-electron chi connectivity index (χ4n) is 17.9. The first kappa shape index (κ1) is 122. The number of amides is 3. The van der Waals surface area contributed by atoms with Crippen molar-refractivity contribution >= 4 is 201 Å². The first-order valence-electron chi connectivity index (χ1n) is 49.3. The maximum absolute atomic E-state index is 13.3. The minimum absolute atomic E-state index is 0.0107. The molecule has 145 heavy (non-hydrogen) atoms. The van der Waals surface area contributed by atoms with E-state index in [9.17, 15) is 59.6 Å². The van der Waals surface area contributed by atoms with E-state index in [1.54, 1.807) is 5.80 Å². The lowest BCUT2D eigenvalue weighted by molar-refractivity contribution is -0.342. The minimum atomic E-state index is -2.63. The number of benzene rings is 6. The van der Waals surface area contributed by atoms with Gasteiger partial charge in [-0.2, -0.15) is 5.26 Å². The van der Waals surface area contributed by atoms with Crippen molar-refractivity contribution in [1.82, 2.24) is 15.2 Å². The van der Waals surface area contributed by atoms with E-state index in [-0.39, 0.29) is 84.3 Å². The summed E-state index contributed by atoms with van der Waals surface area (Å²) >= 11 is 0. The van der Waals surface area contributed by atoms with Crippen LogP contribution >= 0.6 is 6.89 Å². The Balaban J connectivity index is 0.000000210. The average molecular weight is 2110 g/mol. The number of esters is 2. The quantitative estimate of drug-likeness (QED) is 0.00887. The van der Waals surface area contributed by atoms with Crippen LogP contribution in [0.4, 0.5) is 0 Å². The molecule has 6 fully saturated rings. The molecule has 13 rings (SSSR count). The normalized spacial score (nSPS) is 26.0. The van der Waals surface area contributed by atoms with Gasteiger partial charge in [-0.1, -0.05) is 244 Å². The van der Waals surface area contributed by atoms with E-state index in [0.717, 1.165) is 37.7 Å². The van der Waals surface area contributed by atoms with Gasteiger partial charge in [-0.3, -0.25) is 33.7 Å². The van der Waals surface area contributed by atoms with Gasteiger partial charge in [0.15, 0.2) is 70.1 Å². The first-order valence-corrected chi connectivity index (χ1v) is 73.5. The van der Waals surface area contributed by atoms with Crippen LogP contribution in [0.15, 0.2) is 194 Å². The Morgan fingerprint density at radius 1 is 0.455 bits per heavy atom. The molecule has 3 aliphatic carbocycles. The molecule has 0 aromatic heterocycles. The zero-order chi connectivity index (χ0) is 109. The van der Waals surface area contributed by atoms with Gasteiger partial charge >= 0.3 is 11.9 Å². The molecule has 6 aromatic rings. The van der Waals surface area contributed by atoms with Gasteiger partial charge in [0.1, 0.15) is 104 Å². The number of hydrogen-bond acceptors (Lipinski definition) is 24. The fraction of sp³-hybridized carbons (Fsp3) is 0.535. The van der Waals surface area contributed by atoms with Gasteiger partial charge in [0, 0.05) is 96.5 Å². The van der Waals surface area contributed by atoms with Crippen molar-refractivity contribution < 1.29 is 109 Å². The Morgan fingerprint density at radius 2 is 0.759 bits per heavy atom. The lowest BCUT2D eigenvalue weighted by Gasteiger charge is -2.65. The van der Waals surface area contributed by atoms with Crippen molar-refractivity contribution in [3.8, 4) is 6.07 Å². The molecule has 3 spiro atoms. The van der Waals surface area contributed by atoms with E-state index >= 15 is 0 Å². The lowest BCUT2D eigenvalue weighted by atomic mass is 8.56. The number of aliphatic hydroxyl groups excluding tert-OH is 4. The second-order valence-corrected chi connectivity index (χ2v) is 82.2. The van der Waals surface area contributed by atoms with Crippen molar-refractivity contribution in [3.05, 3.63) is 210 Å². The molecule has 0 unspecified atom stereocenters. The van der Waals surface area contributed by atoms with Crippen LogP contribution in [-0.4, -0.2) is 322 Å². The molecule has 3 saturated carbocycles. The second kappa shape index (κ2) is 47.8. The molecule has 4 heterocycles. The number of hydroxylamine groups is 6. The molecule has 6 aromatic carbocycles. The highest BCUT2D eigenvalue weighted by molar-refractivity contribution is 8.02. The monoisotopic (exact) mass is 2110 g/mol. The van der Waals surface area contributed by atoms with E-state index in [2.05, 4.69) is 138 Å². The van der Waals surface area contributed by atoms with Crippen molar-refractivity contribution in [2.24, 2.45) is 0 Å². The fourth-order valence-corrected chi connectivity index (χ4v) is 29.7. The van der Waals surface area contributed by atoms with Crippen molar-refractivity contribution in [3.63, 3.8) is 0 Å². The number of hydrogen-bond donors (Lipinski definition) is 5. The highest BCUT2D eigenvalue weighted by Gasteiger charge is 2.78. The molecule has 7 aliphatic rings. The summed E-state index contributed by atoms with van der Waals surface area (Å²) in [4.78, 5) is 95.1. The number of carbonyl (C=O) groups is 6. The van der Waals surface area contributed by atoms with Crippen LogP contribution in [0.2, 0.25) is 133 Å². The molecule has 5 N–H and O–H groups in total. The van der Waals surface area contributed by atoms with E-state index in [1.807, 2.05) is 231 Å². The number of methoxy groups -OCH3 is 1. The van der Waals surface area contributed by atoms with Gasteiger partial charge in [0.05, 0.1) is 32.5 Å². The number of aliphatic hydroxyl groups is 5. The SMILES string of the molecule is CC(C)(C)[Si](C)(C)O[C@@H]1C(=O)[C@@H](O)[C@@H](O)[C@]2(CC(=O)N2OCc2ccccc2)[C@@H]1O[Si](C)(C)C.CC(C)(C)[Si](C)(C)O[C@@H]1C2=CC(=O)O[C@H]2[C@@H](O)[C@]2(CC(=O)N2OCc2ccccc2)[C@@H]1O[Si](C)(C)C.CC(C)(C)[Si](C)(C)O[C@H]1[C@@H](O[Si](C)(C)C)[C@@]2(CC(=O)N2OCc2ccccc2)[C@H](O)[C@H](O[Si](C)(C)C)[C@]1(O)C#N.COC(=O)C=P(c1ccccc1)(c1ccccc1)c1ccccc1.[B][B]B([B])B(B([B])[B])B([B])[B]. The summed E-state index contributed by atoms with van der Waals surface area (Å²) in [6.45, 7) is 53.2. The van der Waals surface area contributed by atoms with Crippen molar-refractivity contribution in [1.29, 1.82) is 5.26 Å². The molecular formula is C99H145B11N4O23PSi7. The van der Waals surface area contributed by atoms with Crippen LogP contribution in [-0.2, 0) is 104 Å². The van der Waals surface area contributed by atoms with E-state index < -0.39 is 191 Å². The van der Waals surface area contributed by atoms with Crippen LogP contribution in [0, 0.1) is 11.3 Å². The number of ketones is 1. The topological polar surface area (TPSA) is 348 Å². The summed E-state index contributed by atoms with van der Waals surface area (Å²) in [6.07, 6.45) is -14.9. The molecule has 765 valence electrons. The molecule has 46 heteroatoms. The maximum Gasteiger partial charge on any atom is 0.331 e. The summed E-state index contributed by atoms with van der Waals surface area (Å²) in [7, 11) is 18.0. The number of fused-ring (bicyclic) bond motifs is 1. The van der Waals surface area contributed by atoms with Gasteiger partial charge in [0.2, 0.25) is 23.3 Å². The van der Waals surface area contributed by atoms with Crippen LogP contribution < -0.4 is 15.9 Å². The van der Waals surface area contributed by atoms with Gasteiger partial charge in [-0.15, -0.1) is 0 Å². The Morgan fingerprint density at radius 3 is 1.06 bits per heavy atom. The standard InChI is InChI=1S/C28H48N2O7Si3.C26H39NO7Si2.C24H39NO7Si2.C21H19O2P.B11/c1-26(2,3)40(10,11)37-25-24(36-39(7,8)9)27(22(32)23(28(25,33)19-29)35-38(4,5)6)17-21(31)30(27)34-18-20-15-13-12-14-16-20;1-25(2,3)36(7,8)33-22-18-14-20(29)32-21(18)23(30)26(24(22)34-35(4,5)6)15-19(28)27(26)31-16-17-12-10-9-11-13-17;1-23(2,3)34(7,8)31-20-18(27)19(28)21(29)24(22(20)32-33(4,5)6)14-17(26)25(24)30-15-16-12-10-9-11-13-16;1-23-21(22)17-24(18-11-5-2-6-12-18,19-13-7-3-8-14-19)20-15-9-4-10-16-20;1-7-10(6)11(8(2)3)9(4)5/h12-16,22-25,32-33H,17-18H2,1-11H3;9-14,21-24,30H,15-16H2,1-8H3;9-13,19-22,28-29H,14-15H2,1-8H3;2-17H,1H3;/t22-,23+,24-,25+,27-,28-;21-,22-,23-,24-,26-;19-,20-,21-,22-,24-;;/m111../s1. The zero-order valence-corrected chi connectivity index (χ0v) is 97.7. The van der Waals surface area contributed by atoms with Crippen LogP contribution in [0.3, 0.4) is 0 Å². The Kier molecular flexibility index (Phi) is 40.2. The number of carbonyl (C=O) groups excluding carboxylic acids is 6. The molecule has 4 aliphatic heterocycles. The summed E-state index contributed by atoms with van der Waals surface area (Å²) in [5.74, 6) is -0.590. The number of nitriles is 1. The number of β-lactam (4-membered cyclic amide) rings is 3. The predicted molar refractivity (Wildman–Crippen MR) is 599 cm³/mol. The first-order chi connectivity index (χ1) is 66.9. The van der Waals surface area contributed by atoms with Crippen LogP contribution in [0.25, 0.3) is 0 Å². The molecule has 16 atom stereocenters. The Labute approximate surface area is 878 Å².